The van der Waals surface area contributed by atoms with Crippen molar-refractivity contribution in [2.75, 3.05) is 19.6 Å². The number of hydrogen-bond acceptors (Lipinski definition) is 3. The van der Waals surface area contributed by atoms with Gasteiger partial charge in [0.2, 0.25) is 0 Å². The molecular weight excluding hydrogens is 260 g/mol. The molecule has 2 unspecified atom stereocenters. The van der Waals surface area contributed by atoms with Crippen molar-refractivity contribution in [3.05, 3.63) is 35.4 Å². The molecule has 0 saturated carbocycles. The van der Waals surface area contributed by atoms with E-state index in [-0.39, 0.29) is 0 Å². The van der Waals surface area contributed by atoms with Crippen LogP contribution in [0.25, 0.3) is 0 Å². The van der Waals surface area contributed by atoms with Crippen LogP contribution in [0.4, 0.5) is 0 Å². The number of hydrogen-bond donors (Lipinski definition) is 1. The summed E-state index contributed by atoms with van der Waals surface area (Å²) in [6.45, 7) is 11.8. The highest BCUT2D eigenvalue weighted by Gasteiger charge is 2.20. The van der Waals surface area contributed by atoms with Gasteiger partial charge in [0.15, 0.2) is 0 Å². The largest absolute Gasteiger partial charge is 0.374 e. The quantitative estimate of drug-likeness (QED) is 0.796. The molecule has 0 aromatic heterocycles. The van der Waals surface area contributed by atoms with E-state index in [2.05, 4.69) is 55.3 Å². The molecule has 0 aliphatic carbocycles. The molecule has 2 atom stereocenters. The zero-order chi connectivity index (χ0) is 15.1. The Balaban J connectivity index is 1.72. The predicted molar refractivity (Wildman–Crippen MR) is 88.3 cm³/mol. The average molecular weight is 290 g/mol. The van der Waals surface area contributed by atoms with Crippen LogP contribution in [-0.2, 0) is 17.8 Å². The van der Waals surface area contributed by atoms with Crippen LogP contribution in [0, 0.1) is 0 Å². The van der Waals surface area contributed by atoms with Crippen molar-refractivity contribution in [1.82, 2.24) is 10.2 Å². The Hall–Kier alpha value is -0.900. The van der Waals surface area contributed by atoms with Crippen molar-refractivity contribution in [1.29, 1.82) is 0 Å². The minimum Gasteiger partial charge on any atom is -0.374 e. The van der Waals surface area contributed by atoms with E-state index >= 15 is 0 Å². The Morgan fingerprint density at radius 2 is 1.76 bits per heavy atom. The SMILES string of the molecule is CCN(CC)Cc1ccc(CNCC2CCC(C)O2)cc1. The maximum absolute atomic E-state index is 5.82. The molecule has 2 rings (SSSR count). The first-order valence-corrected chi connectivity index (χ1v) is 8.37. The lowest BCUT2D eigenvalue weighted by Crippen LogP contribution is -2.26. The summed E-state index contributed by atoms with van der Waals surface area (Å²) >= 11 is 0. The summed E-state index contributed by atoms with van der Waals surface area (Å²) in [5.41, 5.74) is 2.75. The molecule has 0 bridgehead atoms. The summed E-state index contributed by atoms with van der Waals surface area (Å²) in [6.07, 6.45) is 3.24. The molecule has 21 heavy (non-hydrogen) atoms. The number of rotatable bonds is 8. The molecule has 1 N–H and O–H groups in total. The van der Waals surface area contributed by atoms with Crippen LogP contribution in [0.5, 0.6) is 0 Å². The maximum Gasteiger partial charge on any atom is 0.0704 e. The molecule has 1 aromatic rings. The van der Waals surface area contributed by atoms with E-state index in [4.69, 9.17) is 4.74 Å². The van der Waals surface area contributed by atoms with Gasteiger partial charge in [-0.3, -0.25) is 4.90 Å². The average Bonchev–Trinajstić information content (AvgIpc) is 2.92. The molecule has 0 amide bonds. The highest BCUT2D eigenvalue weighted by Crippen LogP contribution is 2.18. The second-order valence-corrected chi connectivity index (χ2v) is 6.05. The molecule has 0 radical (unpaired) electrons. The molecule has 3 nitrogen and oxygen atoms in total. The van der Waals surface area contributed by atoms with Gasteiger partial charge < -0.3 is 10.1 Å². The molecule has 0 spiro atoms. The highest BCUT2D eigenvalue weighted by molar-refractivity contribution is 5.22. The first kappa shape index (κ1) is 16.5. The summed E-state index contributed by atoms with van der Waals surface area (Å²) in [5, 5.41) is 3.51. The Labute approximate surface area is 129 Å². The van der Waals surface area contributed by atoms with Crippen molar-refractivity contribution >= 4 is 0 Å². The van der Waals surface area contributed by atoms with E-state index in [9.17, 15) is 0 Å². The Bertz CT molecular complexity index is 400. The van der Waals surface area contributed by atoms with Crippen LogP contribution in [-0.4, -0.2) is 36.7 Å². The fourth-order valence-electron chi connectivity index (χ4n) is 2.88. The summed E-state index contributed by atoms with van der Waals surface area (Å²) in [7, 11) is 0. The Kier molecular flexibility index (Phi) is 6.68. The van der Waals surface area contributed by atoms with Crippen molar-refractivity contribution in [2.45, 2.75) is 58.9 Å². The molecule has 1 heterocycles. The monoisotopic (exact) mass is 290 g/mol. The molecule has 1 saturated heterocycles. The van der Waals surface area contributed by atoms with Gasteiger partial charge in [-0.1, -0.05) is 38.1 Å². The van der Waals surface area contributed by atoms with Gasteiger partial charge in [0.05, 0.1) is 12.2 Å². The molecule has 1 aromatic carbocycles. The number of nitrogens with one attached hydrogen (secondary N) is 1. The third-order valence-electron chi connectivity index (χ3n) is 4.34. The lowest BCUT2D eigenvalue weighted by atomic mass is 10.1. The molecular formula is C18H30N2O. The summed E-state index contributed by atoms with van der Waals surface area (Å²) in [6, 6.07) is 8.99. The van der Waals surface area contributed by atoms with Gasteiger partial charge in [-0.15, -0.1) is 0 Å². The van der Waals surface area contributed by atoms with Gasteiger partial charge >= 0.3 is 0 Å². The van der Waals surface area contributed by atoms with E-state index in [1.54, 1.807) is 0 Å². The van der Waals surface area contributed by atoms with Gasteiger partial charge in [-0.05, 0) is 44.0 Å². The normalized spacial score (nSPS) is 22.1. The third-order valence-corrected chi connectivity index (χ3v) is 4.34. The highest BCUT2D eigenvalue weighted by atomic mass is 16.5. The van der Waals surface area contributed by atoms with Crippen LogP contribution in [0.2, 0.25) is 0 Å². The van der Waals surface area contributed by atoms with E-state index in [0.29, 0.717) is 12.2 Å². The smallest absolute Gasteiger partial charge is 0.0704 e. The van der Waals surface area contributed by atoms with E-state index < -0.39 is 0 Å². The fraction of sp³-hybridized carbons (Fsp3) is 0.667. The van der Waals surface area contributed by atoms with E-state index in [1.807, 2.05) is 0 Å². The summed E-state index contributed by atoms with van der Waals surface area (Å²) < 4.78 is 5.82. The Morgan fingerprint density at radius 3 is 2.33 bits per heavy atom. The molecule has 1 aliphatic heterocycles. The second-order valence-electron chi connectivity index (χ2n) is 6.05. The standard InChI is InChI=1S/C18H30N2O/c1-4-20(5-2)14-17-9-7-16(8-10-17)12-19-13-18-11-6-15(3)21-18/h7-10,15,18-19H,4-6,11-14H2,1-3H3. The van der Waals surface area contributed by atoms with E-state index in [1.165, 1.54) is 24.0 Å². The van der Waals surface area contributed by atoms with Crippen molar-refractivity contribution in [3.63, 3.8) is 0 Å². The summed E-state index contributed by atoms with van der Waals surface area (Å²) in [4.78, 5) is 2.44. The van der Waals surface area contributed by atoms with Crippen LogP contribution < -0.4 is 5.32 Å². The van der Waals surface area contributed by atoms with Crippen molar-refractivity contribution in [2.24, 2.45) is 0 Å². The molecule has 3 heteroatoms. The van der Waals surface area contributed by atoms with Gasteiger partial charge in [0.25, 0.3) is 0 Å². The molecule has 118 valence electrons. The predicted octanol–water partition coefficient (Wildman–Crippen LogP) is 3.19. The number of ether oxygens (including phenoxy) is 1. The van der Waals surface area contributed by atoms with Crippen LogP contribution in [0.3, 0.4) is 0 Å². The number of benzene rings is 1. The minimum absolute atomic E-state index is 0.405. The van der Waals surface area contributed by atoms with Crippen LogP contribution in [0.15, 0.2) is 24.3 Å². The van der Waals surface area contributed by atoms with Crippen LogP contribution in [0.1, 0.15) is 44.7 Å². The Morgan fingerprint density at radius 1 is 1.10 bits per heavy atom. The molecule has 1 fully saturated rings. The lowest BCUT2D eigenvalue weighted by Gasteiger charge is -2.18. The summed E-state index contributed by atoms with van der Waals surface area (Å²) in [5.74, 6) is 0. The van der Waals surface area contributed by atoms with Crippen LogP contribution >= 0.6 is 0 Å². The minimum atomic E-state index is 0.405. The van der Waals surface area contributed by atoms with Gasteiger partial charge in [-0.25, -0.2) is 0 Å². The first-order chi connectivity index (χ1) is 10.2. The van der Waals surface area contributed by atoms with E-state index in [0.717, 1.165) is 32.7 Å². The third kappa shape index (κ3) is 5.42. The zero-order valence-electron chi connectivity index (χ0n) is 13.8. The van der Waals surface area contributed by atoms with Crippen molar-refractivity contribution < 1.29 is 4.74 Å². The maximum atomic E-state index is 5.82. The molecule has 1 aliphatic rings. The first-order valence-electron chi connectivity index (χ1n) is 8.37. The van der Waals surface area contributed by atoms with Gasteiger partial charge in [0, 0.05) is 19.6 Å². The second kappa shape index (κ2) is 8.52. The number of nitrogens with zero attached hydrogens (tertiary/aromatic N) is 1. The van der Waals surface area contributed by atoms with Gasteiger partial charge in [0.1, 0.15) is 0 Å². The lowest BCUT2D eigenvalue weighted by molar-refractivity contribution is 0.0559. The fourth-order valence-corrected chi connectivity index (χ4v) is 2.88. The zero-order valence-corrected chi connectivity index (χ0v) is 13.8. The van der Waals surface area contributed by atoms with Crippen molar-refractivity contribution in [3.8, 4) is 0 Å². The van der Waals surface area contributed by atoms with Gasteiger partial charge in [-0.2, -0.15) is 0 Å². The topological polar surface area (TPSA) is 24.5 Å².